The van der Waals surface area contributed by atoms with Crippen LogP contribution in [0.2, 0.25) is 0 Å². The molecule has 1 unspecified atom stereocenters. The van der Waals surface area contributed by atoms with Crippen molar-refractivity contribution in [1.82, 2.24) is 20.9 Å². The summed E-state index contributed by atoms with van der Waals surface area (Å²) in [5.74, 6) is -4.07. The van der Waals surface area contributed by atoms with E-state index in [0.717, 1.165) is 0 Å². The van der Waals surface area contributed by atoms with Gasteiger partial charge < -0.3 is 20.6 Å². The molecular weight excluding hydrogens is 476 g/mol. The third kappa shape index (κ3) is 4.88. The maximum Gasteiger partial charge on any atom is 0.327 e. The van der Waals surface area contributed by atoms with E-state index in [-0.39, 0.29) is 19.3 Å². The highest BCUT2D eigenvalue weighted by molar-refractivity contribution is 8.01. The lowest BCUT2D eigenvalue weighted by Gasteiger charge is -2.44. The molecule has 35 heavy (non-hydrogen) atoms. The van der Waals surface area contributed by atoms with Crippen molar-refractivity contribution in [1.29, 1.82) is 0 Å². The van der Waals surface area contributed by atoms with Crippen molar-refractivity contribution in [3.63, 3.8) is 0 Å². The van der Waals surface area contributed by atoms with Crippen molar-refractivity contribution in [3.8, 4) is 0 Å². The Morgan fingerprint density at radius 2 is 1.77 bits per heavy atom. The minimum absolute atomic E-state index is 0.0349. The summed E-state index contributed by atoms with van der Waals surface area (Å²) in [5.41, 5.74) is 0.488. The first-order valence-corrected chi connectivity index (χ1v) is 12.1. The molecule has 1 aromatic carbocycles. The minimum atomic E-state index is -1.12. The number of rotatable bonds is 7. The standard InChI is InChI=1S/C23H26N4O7S/c1-23(2)18(22(33)34)27-20(32)17(21(27)35-23)26-19(31)16(12-6-4-3-5-7-12)25-15(30)10-11-8-13(28)24-14(29)9-11/h3-7,11,16-18,21H,8-10H2,1-2H3,(H,25,30)(H,26,31)(H,33,34)(H,24,28,29)/t16?,17-,18+,21-/m1/s1. The molecule has 186 valence electrons. The van der Waals surface area contributed by atoms with Crippen LogP contribution in [0.25, 0.3) is 0 Å². The monoisotopic (exact) mass is 502 g/mol. The molecule has 3 aliphatic rings. The van der Waals surface area contributed by atoms with Crippen molar-refractivity contribution in [2.45, 2.75) is 61.4 Å². The SMILES string of the molecule is CC1(C)S[C@@H]2[C@H](NC(=O)C(NC(=O)CC3CC(=O)NC(=O)C3)c3ccccc3)C(=O)N2[C@H]1C(=O)O. The van der Waals surface area contributed by atoms with E-state index in [9.17, 15) is 33.9 Å². The number of aliphatic carboxylic acids is 1. The summed E-state index contributed by atoms with van der Waals surface area (Å²) in [6.45, 7) is 3.48. The number of thioether (sulfide) groups is 1. The highest BCUT2D eigenvalue weighted by Crippen LogP contribution is 2.50. The Morgan fingerprint density at radius 3 is 2.37 bits per heavy atom. The summed E-state index contributed by atoms with van der Waals surface area (Å²) in [7, 11) is 0. The highest BCUT2D eigenvalue weighted by atomic mass is 32.2. The van der Waals surface area contributed by atoms with Gasteiger partial charge in [0.1, 0.15) is 23.5 Å². The molecule has 4 rings (SSSR count). The number of benzene rings is 1. The van der Waals surface area contributed by atoms with Crippen molar-refractivity contribution < 1.29 is 33.9 Å². The van der Waals surface area contributed by atoms with Gasteiger partial charge in [0.15, 0.2) is 0 Å². The van der Waals surface area contributed by atoms with Crippen molar-refractivity contribution >= 4 is 47.3 Å². The topological polar surface area (TPSA) is 162 Å². The van der Waals surface area contributed by atoms with Crippen molar-refractivity contribution in [3.05, 3.63) is 35.9 Å². The average molecular weight is 503 g/mol. The summed E-state index contributed by atoms with van der Waals surface area (Å²) in [6, 6.07) is 5.44. The normalized spacial score (nSPS) is 26.3. The van der Waals surface area contributed by atoms with E-state index in [1.165, 1.54) is 16.7 Å². The fourth-order valence-corrected chi connectivity index (χ4v) is 6.43. The molecule has 4 N–H and O–H groups in total. The molecule has 3 fully saturated rings. The lowest BCUT2D eigenvalue weighted by molar-refractivity contribution is -0.161. The third-order valence-electron chi connectivity index (χ3n) is 6.37. The zero-order valence-electron chi connectivity index (χ0n) is 19.1. The number of carboxylic acids is 1. The van der Waals surface area contributed by atoms with Gasteiger partial charge in [0.25, 0.3) is 0 Å². The summed E-state index contributed by atoms with van der Waals surface area (Å²) in [4.78, 5) is 75.0. The van der Waals surface area contributed by atoms with Gasteiger partial charge in [-0.1, -0.05) is 30.3 Å². The van der Waals surface area contributed by atoms with Crippen LogP contribution in [0.1, 0.15) is 44.7 Å². The predicted octanol–water partition coefficient (Wildman–Crippen LogP) is -0.0815. The Bertz CT molecular complexity index is 1080. The fraction of sp³-hybridized carbons (Fsp3) is 0.478. The van der Waals surface area contributed by atoms with Crippen LogP contribution in [0.5, 0.6) is 0 Å². The van der Waals surface area contributed by atoms with Crippen molar-refractivity contribution in [2.24, 2.45) is 5.92 Å². The number of carbonyl (C=O) groups excluding carboxylic acids is 5. The van der Waals surface area contributed by atoms with Crippen LogP contribution in [-0.2, 0) is 28.8 Å². The number of nitrogens with zero attached hydrogens (tertiary/aromatic N) is 1. The Kier molecular flexibility index (Phi) is 6.58. The molecule has 0 saturated carbocycles. The summed E-state index contributed by atoms with van der Waals surface area (Å²) >= 11 is 1.31. The van der Waals surface area contributed by atoms with Gasteiger partial charge in [-0.15, -0.1) is 11.8 Å². The molecule has 5 amide bonds. The number of imide groups is 1. The van der Waals surface area contributed by atoms with E-state index < -0.39 is 69.7 Å². The summed E-state index contributed by atoms with van der Waals surface area (Å²) in [6.07, 6.45) is -0.0424. The number of hydrogen-bond donors (Lipinski definition) is 4. The number of hydrogen-bond acceptors (Lipinski definition) is 7. The van der Waals surface area contributed by atoms with E-state index in [0.29, 0.717) is 5.56 Å². The van der Waals surface area contributed by atoms with E-state index in [1.807, 2.05) is 0 Å². The van der Waals surface area contributed by atoms with Crippen LogP contribution >= 0.6 is 11.8 Å². The van der Waals surface area contributed by atoms with Gasteiger partial charge in [-0.25, -0.2) is 4.79 Å². The maximum atomic E-state index is 13.2. The molecule has 3 aliphatic heterocycles. The van der Waals surface area contributed by atoms with E-state index in [2.05, 4.69) is 16.0 Å². The maximum absolute atomic E-state index is 13.2. The smallest absolute Gasteiger partial charge is 0.327 e. The molecule has 0 spiro atoms. The molecule has 1 aromatic rings. The number of fused-ring (bicyclic) bond motifs is 1. The molecule has 0 radical (unpaired) electrons. The fourth-order valence-electron chi connectivity index (χ4n) is 4.81. The van der Waals surface area contributed by atoms with Gasteiger partial charge in [-0.3, -0.25) is 29.3 Å². The third-order valence-corrected chi connectivity index (χ3v) is 7.95. The molecule has 12 heteroatoms. The first-order valence-electron chi connectivity index (χ1n) is 11.2. The van der Waals surface area contributed by atoms with Crippen LogP contribution in [0.4, 0.5) is 0 Å². The van der Waals surface area contributed by atoms with E-state index >= 15 is 0 Å². The lowest BCUT2D eigenvalue weighted by Crippen LogP contribution is -2.71. The Morgan fingerprint density at radius 1 is 1.14 bits per heavy atom. The Labute approximate surface area is 205 Å². The predicted molar refractivity (Wildman–Crippen MR) is 123 cm³/mol. The number of nitrogens with one attached hydrogen (secondary N) is 3. The van der Waals surface area contributed by atoms with Crippen LogP contribution in [0.3, 0.4) is 0 Å². The number of amides is 5. The largest absolute Gasteiger partial charge is 0.480 e. The molecule has 0 aromatic heterocycles. The Balaban J connectivity index is 1.46. The first kappa shape index (κ1) is 24.7. The second kappa shape index (κ2) is 9.33. The summed E-state index contributed by atoms with van der Waals surface area (Å²) in [5, 5.41) is 16.6. The molecule has 11 nitrogen and oxygen atoms in total. The van der Waals surface area contributed by atoms with Gasteiger partial charge >= 0.3 is 5.97 Å². The van der Waals surface area contributed by atoms with Gasteiger partial charge in [-0.05, 0) is 25.3 Å². The van der Waals surface area contributed by atoms with Crippen LogP contribution in [0.15, 0.2) is 30.3 Å². The molecule has 4 atom stereocenters. The average Bonchev–Trinajstić information content (AvgIpc) is 3.03. The molecule has 3 heterocycles. The number of carbonyl (C=O) groups is 6. The highest BCUT2D eigenvalue weighted by Gasteiger charge is 2.64. The van der Waals surface area contributed by atoms with Gasteiger partial charge in [0.2, 0.25) is 29.5 Å². The van der Waals surface area contributed by atoms with Gasteiger partial charge in [-0.2, -0.15) is 0 Å². The molecule has 0 aliphatic carbocycles. The second-order valence-electron chi connectivity index (χ2n) is 9.45. The van der Waals surface area contributed by atoms with Crippen LogP contribution < -0.4 is 16.0 Å². The quantitative estimate of drug-likeness (QED) is 0.297. The minimum Gasteiger partial charge on any atom is -0.480 e. The van der Waals surface area contributed by atoms with Crippen molar-refractivity contribution in [2.75, 3.05) is 0 Å². The molecular formula is C23H26N4O7S. The van der Waals surface area contributed by atoms with Crippen LogP contribution in [-0.4, -0.2) is 67.7 Å². The number of β-lactam (4-membered cyclic amide) rings is 1. The Hall–Kier alpha value is -3.41. The summed E-state index contributed by atoms with van der Waals surface area (Å²) < 4.78 is -0.734. The first-order chi connectivity index (χ1) is 16.5. The van der Waals surface area contributed by atoms with Crippen LogP contribution in [0, 0.1) is 5.92 Å². The lowest BCUT2D eigenvalue weighted by atomic mass is 9.93. The van der Waals surface area contributed by atoms with Gasteiger partial charge in [0, 0.05) is 24.0 Å². The van der Waals surface area contributed by atoms with E-state index in [4.69, 9.17) is 0 Å². The zero-order valence-corrected chi connectivity index (χ0v) is 20.0. The molecule has 3 saturated heterocycles. The second-order valence-corrected chi connectivity index (χ2v) is 11.2. The zero-order chi connectivity index (χ0) is 25.5. The number of piperidine rings is 1. The van der Waals surface area contributed by atoms with Gasteiger partial charge in [0.05, 0.1) is 0 Å². The number of carboxylic acid groups (broad SMARTS) is 1. The van der Waals surface area contributed by atoms with E-state index in [1.54, 1.807) is 44.2 Å². The molecule has 0 bridgehead atoms.